The van der Waals surface area contributed by atoms with E-state index in [0.29, 0.717) is 46.1 Å². The fourth-order valence-corrected chi connectivity index (χ4v) is 4.26. The molecule has 0 fully saturated rings. The average Bonchev–Trinajstić information content (AvgIpc) is 3.38. The van der Waals surface area contributed by atoms with E-state index in [-0.39, 0.29) is 11.4 Å². The third-order valence-electron chi connectivity index (χ3n) is 6.10. The van der Waals surface area contributed by atoms with Crippen molar-refractivity contribution in [3.05, 3.63) is 63.7 Å². The highest BCUT2D eigenvalue weighted by molar-refractivity contribution is 5.81. The lowest BCUT2D eigenvalue weighted by molar-refractivity contribution is -0.119. The summed E-state index contributed by atoms with van der Waals surface area (Å²) in [6.07, 6.45) is 1.81. The van der Waals surface area contributed by atoms with Crippen LogP contribution in [0.5, 0.6) is 11.5 Å². The molecule has 1 aliphatic rings. The lowest BCUT2D eigenvalue weighted by Crippen LogP contribution is -2.39. The van der Waals surface area contributed by atoms with Gasteiger partial charge >= 0.3 is 6.55 Å². The number of carbonyl (C=O) groups is 1. The number of nitrogens with one attached hydrogen (secondary N) is 1. The monoisotopic (exact) mass is 502 g/mol. The molecule has 2 aromatic carbocycles. The third kappa shape index (κ3) is 4.73. The van der Waals surface area contributed by atoms with E-state index >= 15 is 4.39 Å². The second kappa shape index (κ2) is 10.3. The summed E-state index contributed by atoms with van der Waals surface area (Å²) in [7, 11) is 4.34. The Bertz CT molecular complexity index is 1340. The van der Waals surface area contributed by atoms with Crippen molar-refractivity contribution in [3.63, 3.8) is 0 Å². The minimum atomic E-state index is -3.04. The van der Waals surface area contributed by atoms with Gasteiger partial charge in [0.1, 0.15) is 29.5 Å². The van der Waals surface area contributed by atoms with Gasteiger partial charge in [-0.25, -0.2) is 4.39 Å². The Kier molecular flexibility index (Phi) is 7.18. The largest absolute Gasteiger partial charge is 0.497 e. The molecule has 0 bridgehead atoms. The van der Waals surface area contributed by atoms with Crippen LogP contribution in [0, 0.1) is 5.82 Å². The molecule has 1 heterocycles. The first-order valence-electron chi connectivity index (χ1n) is 11.2. The number of carbonyl (C=O) groups excluding carboxylic acids is 1. The van der Waals surface area contributed by atoms with Crippen LogP contribution in [0.25, 0.3) is 16.9 Å². The molecule has 8 nitrogen and oxygen atoms in total. The van der Waals surface area contributed by atoms with Gasteiger partial charge in [-0.1, -0.05) is 0 Å². The molecule has 36 heavy (non-hydrogen) atoms. The number of hydrogen-bond acceptors (Lipinski definition) is 6. The molecule has 0 unspecified atom stereocenters. The van der Waals surface area contributed by atoms with Gasteiger partial charge in [0.25, 0.3) is 5.56 Å². The molecule has 0 spiro atoms. The van der Waals surface area contributed by atoms with Gasteiger partial charge in [-0.15, -0.1) is 0 Å². The highest BCUT2D eigenvalue weighted by atomic mass is 19.3. The number of nitrogens with zero attached hydrogens (tertiary/aromatic N) is 3. The van der Waals surface area contributed by atoms with Crippen LogP contribution < -0.4 is 25.2 Å². The lowest BCUT2D eigenvalue weighted by Gasteiger charge is -2.23. The summed E-state index contributed by atoms with van der Waals surface area (Å²) in [5.41, 5.74) is 1.32. The second-order valence-corrected chi connectivity index (χ2v) is 8.19. The van der Waals surface area contributed by atoms with Crippen LogP contribution in [0.4, 0.5) is 18.9 Å². The van der Waals surface area contributed by atoms with E-state index in [1.54, 1.807) is 18.2 Å². The minimum absolute atomic E-state index is 0.135. The molecule has 0 radical (unpaired) electrons. The predicted molar refractivity (Wildman–Crippen MR) is 128 cm³/mol. The zero-order valence-electron chi connectivity index (χ0n) is 20.0. The fraction of sp³-hybridized carbons (Fsp3) is 0.320. The van der Waals surface area contributed by atoms with Gasteiger partial charge in [-0.3, -0.25) is 9.59 Å². The number of likely N-dealkylation sites (N-methyl/N-ethyl adjacent to an activating group) is 1. The molecule has 4 rings (SSSR count). The van der Waals surface area contributed by atoms with Gasteiger partial charge in [-0.05, 0) is 55.2 Å². The Morgan fingerprint density at radius 3 is 2.39 bits per heavy atom. The Hall–Kier alpha value is -4.02. The SMILES string of the molecule is CNC(=O)CN(c1ccc(F)c(-n2nc(-c3cc(OC)cc(OC)c3)c3c(c2=O)CCC3)c1)C(F)F. The van der Waals surface area contributed by atoms with Gasteiger partial charge in [-0.2, -0.15) is 18.6 Å². The molecule has 1 aromatic heterocycles. The van der Waals surface area contributed by atoms with Crippen molar-refractivity contribution in [1.29, 1.82) is 0 Å². The summed E-state index contributed by atoms with van der Waals surface area (Å²) >= 11 is 0. The number of ether oxygens (including phenoxy) is 2. The molecule has 1 aliphatic carbocycles. The first kappa shape index (κ1) is 25.1. The summed E-state index contributed by atoms with van der Waals surface area (Å²) in [6, 6.07) is 8.34. The molecule has 1 N–H and O–H groups in total. The van der Waals surface area contributed by atoms with Crippen LogP contribution in [-0.4, -0.2) is 50.0 Å². The van der Waals surface area contributed by atoms with Crippen molar-refractivity contribution in [2.75, 3.05) is 32.7 Å². The van der Waals surface area contributed by atoms with E-state index in [9.17, 15) is 18.4 Å². The maximum atomic E-state index is 15.0. The molecule has 0 atom stereocenters. The first-order valence-corrected chi connectivity index (χ1v) is 11.2. The number of rotatable bonds is 8. The third-order valence-corrected chi connectivity index (χ3v) is 6.10. The van der Waals surface area contributed by atoms with Gasteiger partial charge in [0, 0.05) is 29.9 Å². The van der Waals surface area contributed by atoms with E-state index in [1.165, 1.54) is 21.3 Å². The van der Waals surface area contributed by atoms with Crippen LogP contribution in [0.15, 0.2) is 41.2 Å². The molecule has 3 aromatic rings. The van der Waals surface area contributed by atoms with Crippen LogP contribution in [-0.2, 0) is 17.6 Å². The summed E-state index contributed by atoms with van der Waals surface area (Å²) in [4.78, 5) is 25.6. The molecule has 0 saturated heterocycles. The van der Waals surface area contributed by atoms with E-state index < -0.39 is 30.4 Å². The van der Waals surface area contributed by atoms with Crippen molar-refractivity contribution in [2.45, 2.75) is 25.8 Å². The maximum Gasteiger partial charge on any atom is 0.315 e. The highest BCUT2D eigenvalue weighted by Crippen LogP contribution is 2.34. The molecule has 0 aliphatic heterocycles. The number of halogens is 3. The molecular weight excluding hydrogens is 477 g/mol. The van der Waals surface area contributed by atoms with Crippen molar-refractivity contribution < 1.29 is 27.4 Å². The van der Waals surface area contributed by atoms with E-state index in [1.807, 2.05) is 0 Å². The van der Waals surface area contributed by atoms with Gasteiger partial charge < -0.3 is 19.7 Å². The Labute approximate surface area is 205 Å². The first-order chi connectivity index (χ1) is 17.3. The summed E-state index contributed by atoms with van der Waals surface area (Å²) in [6.45, 7) is -3.69. The van der Waals surface area contributed by atoms with Gasteiger partial charge in [0.05, 0.1) is 19.9 Å². The van der Waals surface area contributed by atoms with E-state index in [4.69, 9.17) is 9.47 Å². The Balaban J connectivity index is 1.91. The number of aromatic nitrogens is 2. The Morgan fingerprint density at radius 1 is 1.11 bits per heavy atom. The summed E-state index contributed by atoms with van der Waals surface area (Å²) in [5, 5.41) is 6.77. The fourth-order valence-electron chi connectivity index (χ4n) is 4.26. The highest BCUT2D eigenvalue weighted by Gasteiger charge is 2.26. The number of methoxy groups -OCH3 is 2. The number of amides is 1. The summed E-state index contributed by atoms with van der Waals surface area (Å²) in [5.74, 6) is -0.464. The molecule has 11 heteroatoms. The van der Waals surface area contributed by atoms with Crippen LogP contribution >= 0.6 is 0 Å². The number of benzene rings is 2. The predicted octanol–water partition coefficient (Wildman–Crippen LogP) is 3.32. The van der Waals surface area contributed by atoms with E-state index in [0.717, 1.165) is 34.9 Å². The van der Waals surface area contributed by atoms with Crippen LogP contribution in [0.2, 0.25) is 0 Å². The number of anilines is 1. The van der Waals surface area contributed by atoms with Crippen molar-refractivity contribution in [1.82, 2.24) is 15.1 Å². The molecular formula is C25H25F3N4O4. The number of hydrogen-bond donors (Lipinski definition) is 1. The topological polar surface area (TPSA) is 85.7 Å². The normalized spacial score (nSPS) is 12.4. The number of alkyl halides is 2. The van der Waals surface area contributed by atoms with Crippen molar-refractivity contribution in [3.8, 4) is 28.4 Å². The van der Waals surface area contributed by atoms with Crippen LogP contribution in [0.3, 0.4) is 0 Å². The van der Waals surface area contributed by atoms with Gasteiger partial charge in [0.2, 0.25) is 5.91 Å². The minimum Gasteiger partial charge on any atom is -0.497 e. The molecule has 190 valence electrons. The molecule has 0 saturated carbocycles. The zero-order valence-corrected chi connectivity index (χ0v) is 20.0. The van der Waals surface area contributed by atoms with Crippen LogP contribution in [0.1, 0.15) is 17.5 Å². The second-order valence-electron chi connectivity index (χ2n) is 8.19. The van der Waals surface area contributed by atoms with Gasteiger partial charge in [0.15, 0.2) is 0 Å². The summed E-state index contributed by atoms with van der Waals surface area (Å²) < 4.78 is 54.1. The standard InChI is InChI=1S/C25H25F3N4O4/c1-29-22(33)13-31(25(27)28)15-7-8-20(26)21(11-15)32-24(34)19-6-4-5-18(19)23(30-32)14-9-16(35-2)12-17(10-14)36-3/h7-12,25H,4-6,13H2,1-3H3,(H,29,33). The number of fused-ring (bicyclic) bond motifs is 1. The quantitative estimate of drug-likeness (QED) is 0.476. The maximum absolute atomic E-state index is 15.0. The lowest BCUT2D eigenvalue weighted by atomic mass is 10.0. The zero-order chi connectivity index (χ0) is 26.0. The van der Waals surface area contributed by atoms with Crippen molar-refractivity contribution >= 4 is 11.6 Å². The average molecular weight is 502 g/mol. The molecule has 1 amide bonds. The van der Waals surface area contributed by atoms with E-state index in [2.05, 4.69) is 10.4 Å². The smallest absolute Gasteiger partial charge is 0.315 e. The Morgan fingerprint density at radius 2 is 1.78 bits per heavy atom. The van der Waals surface area contributed by atoms with Crippen molar-refractivity contribution in [2.24, 2.45) is 0 Å².